The number of fused-ring (bicyclic) bond motifs is 1. The molecule has 0 radical (unpaired) electrons. The topological polar surface area (TPSA) is 41.1 Å². The Morgan fingerprint density at radius 2 is 2.15 bits per heavy atom. The molecule has 110 valence electrons. The molecule has 1 aliphatic heterocycles. The van der Waals surface area contributed by atoms with Crippen LogP contribution in [0.3, 0.4) is 0 Å². The minimum atomic E-state index is 0.697. The molecule has 4 nitrogen and oxygen atoms in total. The highest BCUT2D eigenvalue weighted by atomic mass is 15.3. The third-order valence-corrected chi connectivity index (χ3v) is 4.90. The number of anilines is 1. The van der Waals surface area contributed by atoms with Gasteiger partial charge in [0, 0.05) is 36.6 Å². The van der Waals surface area contributed by atoms with Gasteiger partial charge in [-0.2, -0.15) is 0 Å². The van der Waals surface area contributed by atoms with Gasteiger partial charge in [-0.25, -0.2) is 9.97 Å². The fraction of sp³-hybridized carbons (Fsp3) is 0.750. The first kappa shape index (κ1) is 13.8. The fourth-order valence-electron chi connectivity index (χ4n) is 3.71. The van der Waals surface area contributed by atoms with Crippen molar-refractivity contribution < 1.29 is 0 Å². The molecule has 1 aromatic heterocycles. The number of hydrogen-bond acceptors (Lipinski definition) is 4. The van der Waals surface area contributed by atoms with Crippen LogP contribution in [0, 0.1) is 12.8 Å². The first-order chi connectivity index (χ1) is 9.79. The second-order valence-corrected chi connectivity index (χ2v) is 6.15. The van der Waals surface area contributed by atoms with Crippen LogP contribution in [-0.2, 0) is 6.54 Å². The molecule has 2 unspecified atom stereocenters. The lowest BCUT2D eigenvalue weighted by Crippen LogP contribution is -2.36. The molecule has 2 heterocycles. The van der Waals surface area contributed by atoms with Crippen LogP contribution in [0.25, 0.3) is 0 Å². The van der Waals surface area contributed by atoms with Crippen molar-refractivity contribution in [2.75, 3.05) is 18.0 Å². The Bertz CT molecular complexity index is 460. The maximum atomic E-state index is 4.77. The van der Waals surface area contributed by atoms with Gasteiger partial charge in [-0.1, -0.05) is 19.8 Å². The number of nitrogens with one attached hydrogen (secondary N) is 1. The minimum absolute atomic E-state index is 0.697. The third kappa shape index (κ3) is 2.66. The van der Waals surface area contributed by atoms with Crippen LogP contribution in [-0.4, -0.2) is 29.1 Å². The Morgan fingerprint density at radius 1 is 1.30 bits per heavy atom. The SMILES string of the molecule is CCNCc1cnc(N2CCC3CCCCC32)nc1C. The predicted molar refractivity (Wildman–Crippen MR) is 81.9 cm³/mol. The number of aromatic nitrogens is 2. The van der Waals surface area contributed by atoms with Gasteiger partial charge in [0.15, 0.2) is 0 Å². The second-order valence-electron chi connectivity index (χ2n) is 6.15. The molecule has 1 saturated carbocycles. The highest BCUT2D eigenvalue weighted by Crippen LogP contribution is 2.37. The third-order valence-electron chi connectivity index (χ3n) is 4.90. The summed E-state index contributed by atoms with van der Waals surface area (Å²) in [6.07, 6.45) is 8.85. The summed E-state index contributed by atoms with van der Waals surface area (Å²) in [5, 5.41) is 3.35. The summed E-state index contributed by atoms with van der Waals surface area (Å²) in [5.74, 6) is 1.84. The Kier molecular flexibility index (Phi) is 4.20. The maximum absolute atomic E-state index is 4.77. The predicted octanol–water partition coefficient (Wildman–Crippen LogP) is 2.66. The molecule has 1 saturated heterocycles. The van der Waals surface area contributed by atoms with Crippen LogP contribution in [0.2, 0.25) is 0 Å². The molecular formula is C16H26N4. The molecule has 0 spiro atoms. The Hall–Kier alpha value is -1.16. The van der Waals surface area contributed by atoms with E-state index in [1.165, 1.54) is 37.7 Å². The quantitative estimate of drug-likeness (QED) is 0.916. The monoisotopic (exact) mass is 274 g/mol. The van der Waals surface area contributed by atoms with E-state index in [0.717, 1.165) is 37.2 Å². The van der Waals surface area contributed by atoms with Crippen molar-refractivity contribution in [1.82, 2.24) is 15.3 Å². The largest absolute Gasteiger partial charge is 0.338 e. The molecule has 2 atom stereocenters. The van der Waals surface area contributed by atoms with Crippen LogP contribution in [0.15, 0.2) is 6.20 Å². The van der Waals surface area contributed by atoms with Crippen LogP contribution >= 0.6 is 0 Å². The lowest BCUT2D eigenvalue weighted by molar-refractivity contribution is 0.340. The van der Waals surface area contributed by atoms with Gasteiger partial charge >= 0.3 is 0 Å². The summed E-state index contributed by atoms with van der Waals surface area (Å²) >= 11 is 0. The standard InChI is InChI=1S/C16H26N4/c1-3-17-10-14-11-18-16(19-12(14)2)20-9-8-13-6-4-5-7-15(13)20/h11,13,15,17H,3-10H2,1-2H3. The van der Waals surface area contributed by atoms with Crippen molar-refractivity contribution in [2.24, 2.45) is 5.92 Å². The summed E-state index contributed by atoms with van der Waals surface area (Å²) in [4.78, 5) is 11.9. The van der Waals surface area contributed by atoms with Gasteiger partial charge in [-0.15, -0.1) is 0 Å². The number of rotatable bonds is 4. The normalized spacial score (nSPS) is 25.8. The van der Waals surface area contributed by atoms with E-state index in [4.69, 9.17) is 4.98 Å². The van der Waals surface area contributed by atoms with E-state index in [0.29, 0.717) is 6.04 Å². The first-order valence-electron chi connectivity index (χ1n) is 8.09. The van der Waals surface area contributed by atoms with Crippen molar-refractivity contribution in [3.63, 3.8) is 0 Å². The average Bonchev–Trinajstić information content (AvgIpc) is 2.90. The number of nitrogens with zero attached hydrogens (tertiary/aromatic N) is 3. The highest BCUT2D eigenvalue weighted by molar-refractivity contribution is 5.36. The molecule has 1 aromatic rings. The minimum Gasteiger partial charge on any atom is -0.338 e. The number of aryl methyl sites for hydroxylation is 1. The van der Waals surface area contributed by atoms with Crippen molar-refractivity contribution in [2.45, 2.75) is 58.5 Å². The highest BCUT2D eigenvalue weighted by Gasteiger charge is 2.36. The van der Waals surface area contributed by atoms with Crippen LogP contribution < -0.4 is 10.2 Å². The average molecular weight is 274 g/mol. The zero-order valence-electron chi connectivity index (χ0n) is 12.7. The van der Waals surface area contributed by atoms with Crippen molar-refractivity contribution in [1.29, 1.82) is 0 Å². The molecule has 0 amide bonds. The van der Waals surface area contributed by atoms with Crippen molar-refractivity contribution in [3.05, 3.63) is 17.5 Å². The van der Waals surface area contributed by atoms with Crippen LogP contribution in [0.5, 0.6) is 0 Å². The van der Waals surface area contributed by atoms with E-state index in [1.807, 2.05) is 6.20 Å². The Labute approximate surface area is 122 Å². The zero-order chi connectivity index (χ0) is 13.9. The molecular weight excluding hydrogens is 248 g/mol. The molecule has 1 aliphatic carbocycles. The summed E-state index contributed by atoms with van der Waals surface area (Å²) in [6.45, 7) is 7.22. The van der Waals surface area contributed by atoms with Crippen molar-refractivity contribution >= 4 is 5.95 Å². The van der Waals surface area contributed by atoms with Crippen molar-refractivity contribution in [3.8, 4) is 0 Å². The number of hydrogen-bond donors (Lipinski definition) is 1. The maximum Gasteiger partial charge on any atom is 0.225 e. The fourth-order valence-corrected chi connectivity index (χ4v) is 3.71. The molecule has 0 bridgehead atoms. The molecule has 3 rings (SSSR count). The van der Waals surface area contributed by atoms with E-state index in [-0.39, 0.29) is 0 Å². The van der Waals surface area contributed by atoms with Gasteiger partial charge < -0.3 is 10.2 Å². The van der Waals surface area contributed by atoms with E-state index in [9.17, 15) is 0 Å². The molecule has 20 heavy (non-hydrogen) atoms. The second kappa shape index (κ2) is 6.08. The molecule has 2 fully saturated rings. The van der Waals surface area contributed by atoms with Crippen LogP contribution in [0.1, 0.15) is 50.3 Å². The van der Waals surface area contributed by atoms with E-state index in [1.54, 1.807) is 0 Å². The first-order valence-corrected chi connectivity index (χ1v) is 8.09. The summed E-state index contributed by atoms with van der Waals surface area (Å²) in [7, 11) is 0. The van der Waals surface area contributed by atoms with E-state index in [2.05, 4.69) is 29.0 Å². The molecule has 4 heteroatoms. The van der Waals surface area contributed by atoms with Gasteiger partial charge in [0.1, 0.15) is 0 Å². The lowest BCUT2D eigenvalue weighted by atomic mass is 9.85. The summed E-state index contributed by atoms with van der Waals surface area (Å²) in [5.41, 5.74) is 2.34. The van der Waals surface area contributed by atoms with Gasteiger partial charge in [-0.05, 0) is 38.6 Å². The van der Waals surface area contributed by atoms with Crippen LogP contribution in [0.4, 0.5) is 5.95 Å². The lowest BCUT2D eigenvalue weighted by Gasteiger charge is -2.31. The van der Waals surface area contributed by atoms with Gasteiger partial charge in [0.25, 0.3) is 0 Å². The smallest absolute Gasteiger partial charge is 0.225 e. The van der Waals surface area contributed by atoms with Gasteiger partial charge in [0.2, 0.25) is 5.95 Å². The zero-order valence-corrected chi connectivity index (χ0v) is 12.7. The Morgan fingerprint density at radius 3 is 2.95 bits per heavy atom. The Balaban J connectivity index is 1.75. The van der Waals surface area contributed by atoms with E-state index >= 15 is 0 Å². The summed E-state index contributed by atoms with van der Waals surface area (Å²) < 4.78 is 0. The molecule has 1 N–H and O–H groups in total. The van der Waals surface area contributed by atoms with E-state index < -0.39 is 0 Å². The molecule has 2 aliphatic rings. The van der Waals surface area contributed by atoms with Gasteiger partial charge in [-0.3, -0.25) is 0 Å². The molecule has 0 aromatic carbocycles. The van der Waals surface area contributed by atoms with Gasteiger partial charge in [0.05, 0.1) is 0 Å². The summed E-state index contributed by atoms with van der Waals surface area (Å²) in [6, 6.07) is 0.697.